The Bertz CT molecular complexity index is 324. The fourth-order valence-corrected chi connectivity index (χ4v) is 1.64. The fraction of sp³-hybridized carbons (Fsp3) is 0.364. The average molecular weight is 209 g/mol. The summed E-state index contributed by atoms with van der Waals surface area (Å²) in [6, 6.07) is 7.92. The molecule has 76 valence electrons. The number of primary amides is 1. The number of thioether (sulfide) groups is 1. The second-order valence-corrected chi connectivity index (χ2v) is 5.27. The summed E-state index contributed by atoms with van der Waals surface area (Å²) >= 11 is 1.06. The normalized spacial score (nSPS) is 11.4. The van der Waals surface area contributed by atoms with Crippen LogP contribution in [0.4, 0.5) is 4.79 Å². The van der Waals surface area contributed by atoms with Gasteiger partial charge in [-0.05, 0) is 34.9 Å². The predicted octanol–water partition coefficient (Wildman–Crippen LogP) is 3.15. The van der Waals surface area contributed by atoms with Crippen LogP contribution in [0.25, 0.3) is 0 Å². The first-order chi connectivity index (χ1) is 6.39. The van der Waals surface area contributed by atoms with Crippen LogP contribution in [0.5, 0.6) is 0 Å². The second kappa shape index (κ2) is 4.05. The summed E-state index contributed by atoms with van der Waals surface area (Å²) in [7, 11) is 0. The first-order valence-electron chi connectivity index (χ1n) is 4.47. The Kier molecular flexibility index (Phi) is 3.21. The van der Waals surface area contributed by atoms with Gasteiger partial charge in [0, 0.05) is 4.90 Å². The summed E-state index contributed by atoms with van der Waals surface area (Å²) < 4.78 is 0. The number of hydrogen-bond donors (Lipinski definition) is 1. The lowest BCUT2D eigenvalue weighted by Crippen LogP contribution is -2.10. The van der Waals surface area contributed by atoms with E-state index in [-0.39, 0.29) is 10.7 Å². The molecule has 0 heterocycles. The lowest BCUT2D eigenvalue weighted by Gasteiger charge is -2.18. The van der Waals surface area contributed by atoms with E-state index in [1.54, 1.807) is 0 Å². The molecule has 0 atom stereocenters. The van der Waals surface area contributed by atoms with Gasteiger partial charge < -0.3 is 5.73 Å². The summed E-state index contributed by atoms with van der Waals surface area (Å²) in [6.07, 6.45) is 0. The van der Waals surface area contributed by atoms with Gasteiger partial charge in [0.15, 0.2) is 0 Å². The molecule has 3 heteroatoms. The van der Waals surface area contributed by atoms with Crippen LogP contribution in [0.15, 0.2) is 29.2 Å². The largest absolute Gasteiger partial charge is 0.360 e. The molecule has 0 unspecified atom stereocenters. The molecule has 1 rings (SSSR count). The van der Waals surface area contributed by atoms with Crippen LogP contribution < -0.4 is 5.73 Å². The van der Waals surface area contributed by atoms with Gasteiger partial charge in [-0.2, -0.15) is 0 Å². The molecule has 0 aliphatic heterocycles. The van der Waals surface area contributed by atoms with Crippen LogP contribution in [-0.4, -0.2) is 5.24 Å². The molecule has 1 amide bonds. The Morgan fingerprint density at radius 3 is 2.07 bits per heavy atom. The van der Waals surface area contributed by atoms with Crippen molar-refractivity contribution in [3.63, 3.8) is 0 Å². The minimum atomic E-state index is -0.367. The lowest BCUT2D eigenvalue weighted by molar-refractivity contribution is 0.267. The zero-order valence-corrected chi connectivity index (χ0v) is 9.52. The third-order valence-corrected chi connectivity index (χ3v) is 2.65. The summed E-state index contributed by atoms with van der Waals surface area (Å²) in [5, 5.41) is -0.367. The minimum Gasteiger partial charge on any atom is -0.360 e. The molecule has 2 nitrogen and oxygen atoms in total. The Morgan fingerprint density at radius 1 is 1.21 bits per heavy atom. The standard InChI is InChI=1S/C11H15NOS/c1-11(2,3)8-4-6-9(7-5-8)14-10(12)13/h4-7H,1-3H3,(H2,12,13). The zero-order chi connectivity index (χ0) is 10.8. The van der Waals surface area contributed by atoms with Crippen molar-refractivity contribution in [1.82, 2.24) is 0 Å². The van der Waals surface area contributed by atoms with E-state index in [2.05, 4.69) is 20.8 Å². The summed E-state index contributed by atoms with van der Waals surface area (Å²) in [5.74, 6) is 0. The number of nitrogens with two attached hydrogens (primary N) is 1. The SMILES string of the molecule is CC(C)(C)c1ccc(SC(N)=O)cc1. The van der Waals surface area contributed by atoms with Crippen molar-refractivity contribution in [1.29, 1.82) is 0 Å². The van der Waals surface area contributed by atoms with Gasteiger partial charge in [0.05, 0.1) is 0 Å². The van der Waals surface area contributed by atoms with Gasteiger partial charge in [0.25, 0.3) is 5.24 Å². The molecular weight excluding hydrogens is 194 g/mol. The fourth-order valence-electron chi connectivity index (χ4n) is 1.14. The van der Waals surface area contributed by atoms with Crippen molar-refractivity contribution in [3.8, 4) is 0 Å². The molecule has 0 aliphatic carbocycles. The van der Waals surface area contributed by atoms with Gasteiger partial charge in [-0.25, -0.2) is 0 Å². The van der Waals surface area contributed by atoms with Crippen LogP contribution in [0, 0.1) is 0 Å². The first-order valence-corrected chi connectivity index (χ1v) is 5.29. The Balaban J connectivity index is 2.84. The van der Waals surface area contributed by atoms with E-state index in [1.165, 1.54) is 5.56 Å². The van der Waals surface area contributed by atoms with E-state index in [4.69, 9.17) is 5.73 Å². The van der Waals surface area contributed by atoms with E-state index in [9.17, 15) is 4.79 Å². The summed E-state index contributed by atoms with van der Waals surface area (Å²) in [6.45, 7) is 6.47. The maximum absolute atomic E-state index is 10.6. The highest BCUT2D eigenvalue weighted by Gasteiger charge is 2.12. The van der Waals surface area contributed by atoms with Crippen LogP contribution in [0.2, 0.25) is 0 Å². The number of benzene rings is 1. The van der Waals surface area contributed by atoms with Gasteiger partial charge in [0.2, 0.25) is 0 Å². The second-order valence-electron chi connectivity index (χ2n) is 4.20. The Morgan fingerprint density at radius 2 is 1.71 bits per heavy atom. The minimum absolute atomic E-state index is 0.149. The van der Waals surface area contributed by atoms with Crippen molar-refractivity contribution >= 4 is 17.0 Å². The molecular formula is C11H15NOS. The predicted molar refractivity (Wildman–Crippen MR) is 60.6 cm³/mol. The van der Waals surface area contributed by atoms with Crippen LogP contribution in [0.1, 0.15) is 26.3 Å². The molecule has 0 radical (unpaired) electrons. The molecule has 0 saturated carbocycles. The monoisotopic (exact) mass is 209 g/mol. The van der Waals surface area contributed by atoms with Crippen LogP contribution in [0.3, 0.4) is 0 Å². The lowest BCUT2D eigenvalue weighted by atomic mass is 9.87. The van der Waals surface area contributed by atoms with Crippen LogP contribution >= 0.6 is 11.8 Å². The highest BCUT2D eigenvalue weighted by Crippen LogP contribution is 2.25. The van der Waals surface area contributed by atoms with Crippen molar-refractivity contribution < 1.29 is 4.79 Å². The molecule has 0 spiro atoms. The number of amides is 1. The molecule has 0 saturated heterocycles. The average Bonchev–Trinajstić information content (AvgIpc) is 2.02. The third-order valence-electron chi connectivity index (χ3n) is 1.94. The maximum Gasteiger partial charge on any atom is 0.281 e. The molecule has 1 aromatic carbocycles. The number of hydrogen-bond acceptors (Lipinski definition) is 2. The van der Waals surface area contributed by atoms with E-state index in [1.807, 2.05) is 24.3 Å². The van der Waals surface area contributed by atoms with Crippen molar-refractivity contribution in [2.75, 3.05) is 0 Å². The van der Waals surface area contributed by atoms with Gasteiger partial charge in [-0.1, -0.05) is 32.9 Å². The molecule has 0 fully saturated rings. The molecule has 0 bridgehead atoms. The van der Waals surface area contributed by atoms with Gasteiger partial charge in [-0.3, -0.25) is 4.79 Å². The molecule has 14 heavy (non-hydrogen) atoms. The van der Waals surface area contributed by atoms with Crippen molar-refractivity contribution in [2.24, 2.45) is 5.73 Å². The quantitative estimate of drug-likeness (QED) is 0.722. The summed E-state index contributed by atoms with van der Waals surface area (Å²) in [4.78, 5) is 11.5. The zero-order valence-electron chi connectivity index (χ0n) is 8.70. The molecule has 0 aliphatic rings. The highest BCUT2D eigenvalue weighted by molar-refractivity contribution is 8.13. The van der Waals surface area contributed by atoms with Crippen molar-refractivity contribution in [2.45, 2.75) is 31.1 Å². The van der Waals surface area contributed by atoms with Crippen molar-refractivity contribution in [3.05, 3.63) is 29.8 Å². The Labute approximate surface area is 88.9 Å². The van der Waals surface area contributed by atoms with Crippen LogP contribution in [-0.2, 0) is 5.41 Å². The van der Waals surface area contributed by atoms with E-state index < -0.39 is 0 Å². The molecule has 2 N–H and O–H groups in total. The smallest absolute Gasteiger partial charge is 0.281 e. The molecule has 1 aromatic rings. The van der Waals surface area contributed by atoms with Gasteiger partial charge in [0.1, 0.15) is 0 Å². The van der Waals surface area contributed by atoms with Gasteiger partial charge in [-0.15, -0.1) is 0 Å². The van der Waals surface area contributed by atoms with E-state index in [0.29, 0.717) is 0 Å². The maximum atomic E-state index is 10.6. The molecule has 0 aromatic heterocycles. The first kappa shape index (κ1) is 11.1. The number of rotatable bonds is 1. The Hall–Kier alpha value is -0.960. The summed E-state index contributed by atoms with van der Waals surface area (Å²) in [5.41, 5.74) is 6.48. The number of carbonyl (C=O) groups is 1. The highest BCUT2D eigenvalue weighted by atomic mass is 32.2. The third kappa shape index (κ3) is 3.07. The number of carbonyl (C=O) groups excluding carboxylic acids is 1. The van der Waals surface area contributed by atoms with E-state index >= 15 is 0 Å². The van der Waals surface area contributed by atoms with Gasteiger partial charge >= 0.3 is 0 Å². The topological polar surface area (TPSA) is 43.1 Å². The van der Waals surface area contributed by atoms with E-state index in [0.717, 1.165) is 16.7 Å².